The number of Topliss-reactive ketones (excluding diaryl/α,β-unsaturated/α-hetero) is 1. The van der Waals surface area contributed by atoms with E-state index in [0.29, 0.717) is 13.2 Å². The van der Waals surface area contributed by atoms with Crippen LogP contribution in [0.15, 0.2) is 0 Å². The quantitative estimate of drug-likeness (QED) is 0.720. The summed E-state index contributed by atoms with van der Waals surface area (Å²) in [7, 11) is 0. The average Bonchev–Trinajstić information content (AvgIpc) is 2.77. The number of halogens is 1. The summed E-state index contributed by atoms with van der Waals surface area (Å²) >= 11 is 5.65. The molecule has 0 amide bonds. The van der Waals surface area contributed by atoms with Crippen molar-refractivity contribution < 1.29 is 14.3 Å². The van der Waals surface area contributed by atoms with Crippen LogP contribution in [0.1, 0.15) is 26.7 Å². The van der Waals surface area contributed by atoms with E-state index in [-0.39, 0.29) is 17.5 Å². The molecular weight excluding hydrogens is 242 g/mol. The molecule has 0 radical (unpaired) electrons. The van der Waals surface area contributed by atoms with Crippen LogP contribution in [0.25, 0.3) is 0 Å². The molecule has 0 saturated carbocycles. The van der Waals surface area contributed by atoms with Crippen molar-refractivity contribution in [1.29, 1.82) is 0 Å². The zero-order valence-corrected chi connectivity index (χ0v) is 11.3. The molecule has 0 atom stereocenters. The first-order chi connectivity index (χ1) is 8.00. The Labute approximate surface area is 107 Å². The molecule has 0 aromatic heterocycles. The Morgan fingerprint density at radius 2 is 1.82 bits per heavy atom. The lowest BCUT2D eigenvalue weighted by Crippen LogP contribution is -2.56. The first kappa shape index (κ1) is 13.3. The lowest BCUT2D eigenvalue weighted by atomic mass is 9.92. The second-order valence-corrected chi connectivity index (χ2v) is 5.48. The van der Waals surface area contributed by atoms with E-state index in [0.717, 1.165) is 25.9 Å². The number of alkyl halides is 1. The summed E-state index contributed by atoms with van der Waals surface area (Å²) in [5.74, 6) is -0.235. The molecule has 2 fully saturated rings. The van der Waals surface area contributed by atoms with Gasteiger partial charge in [-0.15, -0.1) is 11.6 Å². The number of nitrogens with zero attached hydrogens (tertiary/aromatic N) is 1. The molecule has 0 bridgehead atoms. The smallest absolute Gasteiger partial charge is 0.170 e. The zero-order valence-electron chi connectivity index (χ0n) is 10.5. The van der Waals surface area contributed by atoms with Gasteiger partial charge in [-0.1, -0.05) is 0 Å². The summed E-state index contributed by atoms with van der Waals surface area (Å²) in [5, 5.41) is 0. The number of ether oxygens (including phenoxy) is 2. The first-order valence-corrected chi connectivity index (χ1v) is 6.66. The second-order valence-electron chi connectivity index (χ2n) is 5.21. The van der Waals surface area contributed by atoms with Gasteiger partial charge in [-0.25, -0.2) is 0 Å². The van der Waals surface area contributed by atoms with Crippen molar-refractivity contribution in [1.82, 2.24) is 4.90 Å². The van der Waals surface area contributed by atoms with Crippen molar-refractivity contribution in [3.63, 3.8) is 0 Å². The van der Waals surface area contributed by atoms with Crippen LogP contribution in [0.4, 0.5) is 0 Å². The Kier molecular flexibility index (Phi) is 3.78. The minimum absolute atomic E-state index is 0.0711. The SMILES string of the molecule is CC(C)(C(=O)CCl)N1CCC2(CC1)OCCO2. The Morgan fingerprint density at radius 1 is 1.29 bits per heavy atom. The molecule has 2 saturated heterocycles. The monoisotopic (exact) mass is 261 g/mol. The summed E-state index contributed by atoms with van der Waals surface area (Å²) in [5.41, 5.74) is -0.484. The van der Waals surface area contributed by atoms with Crippen molar-refractivity contribution >= 4 is 17.4 Å². The molecule has 2 aliphatic rings. The van der Waals surface area contributed by atoms with Gasteiger partial charge in [0.05, 0.1) is 24.6 Å². The first-order valence-electron chi connectivity index (χ1n) is 6.12. The fraction of sp³-hybridized carbons (Fsp3) is 0.917. The zero-order chi connectivity index (χ0) is 12.5. The Hall–Kier alpha value is -0.160. The van der Waals surface area contributed by atoms with Crippen molar-refractivity contribution in [3.05, 3.63) is 0 Å². The maximum absolute atomic E-state index is 11.8. The molecule has 0 aromatic rings. The van der Waals surface area contributed by atoms with Crippen LogP contribution in [-0.2, 0) is 14.3 Å². The summed E-state index contributed by atoms with van der Waals surface area (Å²) < 4.78 is 11.3. The van der Waals surface area contributed by atoms with Gasteiger partial charge in [0.2, 0.25) is 0 Å². The lowest BCUT2D eigenvalue weighted by molar-refractivity contribution is -0.192. The molecule has 0 aliphatic carbocycles. The van der Waals surface area contributed by atoms with Crippen LogP contribution in [0, 0.1) is 0 Å². The van der Waals surface area contributed by atoms with Crippen LogP contribution in [0.3, 0.4) is 0 Å². The van der Waals surface area contributed by atoms with Gasteiger partial charge in [0.25, 0.3) is 0 Å². The predicted octanol–water partition coefficient (Wildman–Crippen LogP) is 1.41. The predicted molar refractivity (Wildman–Crippen MR) is 65.2 cm³/mol. The van der Waals surface area contributed by atoms with Gasteiger partial charge in [-0.2, -0.15) is 0 Å². The summed E-state index contributed by atoms with van der Waals surface area (Å²) in [4.78, 5) is 14.0. The van der Waals surface area contributed by atoms with E-state index in [4.69, 9.17) is 21.1 Å². The highest BCUT2D eigenvalue weighted by molar-refractivity contribution is 6.28. The van der Waals surface area contributed by atoms with Crippen LogP contribution in [0.2, 0.25) is 0 Å². The van der Waals surface area contributed by atoms with Gasteiger partial charge >= 0.3 is 0 Å². The minimum Gasteiger partial charge on any atom is -0.347 e. The molecule has 98 valence electrons. The maximum Gasteiger partial charge on any atom is 0.170 e. The number of hydrogen-bond donors (Lipinski definition) is 0. The van der Waals surface area contributed by atoms with Crippen LogP contribution < -0.4 is 0 Å². The number of carbonyl (C=O) groups excluding carboxylic acids is 1. The highest BCUT2D eigenvalue weighted by Gasteiger charge is 2.44. The van der Waals surface area contributed by atoms with E-state index in [2.05, 4.69) is 4.90 Å². The fourth-order valence-corrected chi connectivity index (χ4v) is 2.86. The van der Waals surface area contributed by atoms with Crippen molar-refractivity contribution in [2.75, 3.05) is 32.2 Å². The average molecular weight is 262 g/mol. The standard InChI is InChI=1S/C12H20ClNO3/c1-11(2,10(15)9-13)14-5-3-12(4-6-14)16-7-8-17-12/h3-9H2,1-2H3. The van der Waals surface area contributed by atoms with E-state index in [1.54, 1.807) is 0 Å². The number of hydrogen-bond acceptors (Lipinski definition) is 4. The summed E-state index contributed by atoms with van der Waals surface area (Å²) in [6, 6.07) is 0. The van der Waals surface area contributed by atoms with Crippen molar-refractivity contribution in [2.45, 2.75) is 38.0 Å². The molecule has 2 rings (SSSR count). The van der Waals surface area contributed by atoms with E-state index < -0.39 is 5.54 Å². The third-order valence-corrected chi connectivity index (χ3v) is 4.18. The molecule has 2 heterocycles. The van der Waals surface area contributed by atoms with Gasteiger partial charge in [-0.05, 0) is 13.8 Å². The van der Waals surface area contributed by atoms with Gasteiger partial charge in [0, 0.05) is 25.9 Å². The largest absolute Gasteiger partial charge is 0.347 e. The van der Waals surface area contributed by atoms with E-state index in [1.807, 2.05) is 13.8 Å². The number of carbonyl (C=O) groups is 1. The Morgan fingerprint density at radius 3 is 2.29 bits per heavy atom. The molecule has 4 nitrogen and oxygen atoms in total. The van der Waals surface area contributed by atoms with E-state index in [1.165, 1.54) is 0 Å². The number of ketones is 1. The molecule has 2 aliphatic heterocycles. The lowest BCUT2D eigenvalue weighted by Gasteiger charge is -2.44. The molecule has 0 unspecified atom stereocenters. The Balaban J connectivity index is 1.96. The van der Waals surface area contributed by atoms with Crippen LogP contribution in [-0.4, -0.2) is 54.2 Å². The van der Waals surface area contributed by atoms with Gasteiger partial charge in [0.1, 0.15) is 0 Å². The fourth-order valence-electron chi connectivity index (χ4n) is 2.53. The van der Waals surface area contributed by atoms with Crippen LogP contribution >= 0.6 is 11.6 Å². The van der Waals surface area contributed by atoms with E-state index in [9.17, 15) is 4.79 Å². The number of likely N-dealkylation sites (tertiary alicyclic amines) is 1. The molecule has 0 N–H and O–H groups in total. The van der Waals surface area contributed by atoms with E-state index >= 15 is 0 Å². The second kappa shape index (κ2) is 4.84. The van der Waals surface area contributed by atoms with Gasteiger partial charge < -0.3 is 9.47 Å². The Bertz CT molecular complexity index is 290. The minimum atomic E-state index is -0.484. The van der Waals surface area contributed by atoms with Crippen LogP contribution in [0.5, 0.6) is 0 Å². The molecule has 0 aromatic carbocycles. The number of rotatable bonds is 3. The third-order valence-electron chi connectivity index (χ3n) is 3.93. The van der Waals surface area contributed by atoms with Crippen molar-refractivity contribution in [3.8, 4) is 0 Å². The van der Waals surface area contributed by atoms with Crippen molar-refractivity contribution in [2.24, 2.45) is 0 Å². The molecule has 1 spiro atoms. The molecule has 17 heavy (non-hydrogen) atoms. The van der Waals surface area contributed by atoms with Gasteiger partial charge in [0.15, 0.2) is 11.6 Å². The molecular formula is C12H20ClNO3. The summed E-state index contributed by atoms with van der Waals surface area (Å²) in [6.45, 7) is 6.87. The summed E-state index contributed by atoms with van der Waals surface area (Å²) in [6.07, 6.45) is 1.65. The highest BCUT2D eigenvalue weighted by atomic mass is 35.5. The molecule has 5 heteroatoms. The van der Waals surface area contributed by atoms with Gasteiger partial charge in [-0.3, -0.25) is 9.69 Å². The topological polar surface area (TPSA) is 38.8 Å². The normalized spacial score (nSPS) is 25.4. The maximum atomic E-state index is 11.8. The number of piperidine rings is 1. The highest BCUT2D eigenvalue weighted by Crippen LogP contribution is 2.34. The third kappa shape index (κ3) is 2.50.